The van der Waals surface area contributed by atoms with E-state index >= 15 is 0 Å². The van der Waals surface area contributed by atoms with E-state index in [0.29, 0.717) is 0 Å². The SMILES string of the molecule is Brc1ccc([C@@H]2CN(CCC3OCCCO3)CCO2)cc1. The molecule has 2 fully saturated rings. The van der Waals surface area contributed by atoms with Gasteiger partial charge in [-0.05, 0) is 24.1 Å². The molecule has 1 atom stereocenters. The predicted octanol–water partition coefficient (Wildman–Crippen LogP) is 2.98. The monoisotopic (exact) mass is 355 g/mol. The molecule has 0 unspecified atom stereocenters. The van der Waals surface area contributed by atoms with E-state index in [0.717, 1.165) is 56.8 Å². The molecule has 0 radical (unpaired) electrons. The van der Waals surface area contributed by atoms with Crippen LogP contribution in [-0.4, -0.2) is 50.6 Å². The van der Waals surface area contributed by atoms with Crippen LogP contribution in [0, 0.1) is 0 Å². The fourth-order valence-electron chi connectivity index (χ4n) is 2.78. The molecule has 0 saturated carbocycles. The van der Waals surface area contributed by atoms with E-state index in [1.165, 1.54) is 5.56 Å². The Balaban J connectivity index is 1.49. The summed E-state index contributed by atoms with van der Waals surface area (Å²) in [5.74, 6) is 0. The van der Waals surface area contributed by atoms with Crippen molar-refractivity contribution in [3.8, 4) is 0 Å². The van der Waals surface area contributed by atoms with Gasteiger partial charge >= 0.3 is 0 Å². The van der Waals surface area contributed by atoms with Crippen molar-refractivity contribution in [2.75, 3.05) is 39.5 Å². The highest BCUT2D eigenvalue weighted by molar-refractivity contribution is 9.10. The number of hydrogen-bond acceptors (Lipinski definition) is 4. The van der Waals surface area contributed by atoms with Gasteiger partial charge in [0, 0.05) is 30.5 Å². The lowest BCUT2D eigenvalue weighted by atomic mass is 10.1. The number of halogens is 1. The molecule has 0 bridgehead atoms. The second kappa shape index (κ2) is 7.70. The zero-order valence-corrected chi connectivity index (χ0v) is 13.8. The van der Waals surface area contributed by atoms with Crippen LogP contribution in [0.25, 0.3) is 0 Å². The van der Waals surface area contributed by atoms with Crippen LogP contribution in [0.4, 0.5) is 0 Å². The van der Waals surface area contributed by atoms with Crippen LogP contribution in [0.5, 0.6) is 0 Å². The number of nitrogens with zero attached hydrogens (tertiary/aromatic N) is 1. The van der Waals surface area contributed by atoms with Gasteiger partial charge in [0.1, 0.15) is 0 Å². The molecular weight excluding hydrogens is 334 g/mol. The smallest absolute Gasteiger partial charge is 0.158 e. The summed E-state index contributed by atoms with van der Waals surface area (Å²) in [7, 11) is 0. The summed E-state index contributed by atoms with van der Waals surface area (Å²) in [6.45, 7) is 5.37. The Morgan fingerprint density at radius 1 is 1.05 bits per heavy atom. The van der Waals surface area contributed by atoms with E-state index in [1.54, 1.807) is 0 Å². The van der Waals surface area contributed by atoms with Gasteiger partial charge in [-0.2, -0.15) is 0 Å². The van der Waals surface area contributed by atoms with Gasteiger partial charge in [-0.1, -0.05) is 28.1 Å². The number of benzene rings is 1. The Hall–Kier alpha value is -0.460. The number of ether oxygens (including phenoxy) is 3. The molecule has 2 heterocycles. The van der Waals surface area contributed by atoms with Crippen molar-refractivity contribution in [2.24, 2.45) is 0 Å². The van der Waals surface area contributed by atoms with E-state index in [-0.39, 0.29) is 12.4 Å². The van der Waals surface area contributed by atoms with Crippen molar-refractivity contribution in [3.63, 3.8) is 0 Å². The zero-order valence-electron chi connectivity index (χ0n) is 12.2. The largest absolute Gasteiger partial charge is 0.371 e. The van der Waals surface area contributed by atoms with Crippen LogP contribution in [0.15, 0.2) is 28.7 Å². The van der Waals surface area contributed by atoms with Gasteiger partial charge in [0.05, 0.1) is 25.9 Å². The molecule has 0 aromatic heterocycles. The molecule has 0 amide bonds. The van der Waals surface area contributed by atoms with Gasteiger partial charge in [0.2, 0.25) is 0 Å². The first kappa shape index (κ1) is 15.4. The van der Waals surface area contributed by atoms with Crippen LogP contribution >= 0.6 is 15.9 Å². The van der Waals surface area contributed by atoms with Gasteiger partial charge in [0.25, 0.3) is 0 Å². The molecule has 5 heteroatoms. The fourth-order valence-corrected chi connectivity index (χ4v) is 3.04. The van der Waals surface area contributed by atoms with Gasteiger partial charge < -0.3 is 14.2 Å². The minimum absolute atomic E-state index is 0.0206. The standard InChI is InChI=1S/C16H22BrNO3/c17-14-4-2-13(3-5-14)15-12-18(8-11-19-15)7-6-16-20-9-1-10-21-16/h2-5,15-16H,1,6-12H2/t15-/m0/s1. The average molecular weight is 356 g/mol. The molecule has 2 aliphatic rings. The van der Waals surface area contributed by atoms with E-state index < -0.39 is 0 Å². The predicted molar refractivity (Wildman–Crippen MR) is 84.2 cm³/mol. The van der Waals surface area contributed by atoms with Crippen LogP contribution in [-0.2, 0) is 14.2 Å². The quantitative estimate of drug-likeness (QED) is 0.830. The van der Waals surface area contributed by atoms with Gasteiger partial charge in [0.15, 0.2) is 6.29 Å². The van der Waals surface area contributed by atoms with Crippen LogP contribution in [0.1, 0.15) is 24.5 Å². The third-order valence-corrected chi connectivity index (χ3v) is 4.50. The maximum atomic E-state index is 5.91. The van der Waals surface area contributed by atoms with Crippen LogP contribution in [0.2, 0.25) is 0 Å². The first-order valence-electron chi connectivity index (χ1n) is 7.64. The number of morpholine rings is 1. The molecule has 0 N–H and O–H groups in total. The summed E-state index contributed by atoms with van der Waals surface area (Å²) in [6.07, 6.45) is 2.10. The molecule has 2 saturated heterocycles. The third kappa shape index (κ3) is 4.50. The Morgan fingerprint density at radius 2 is 1.81 bits per heavy atom. The summed E-state index contributed by atoms with van der Waals surface area (Å²) in [5, 5.41) is 0. The Morgan fingerprint density at radius 3 is 2.57 bits per heavy atom. The maximum absolute atomic E-state index is 5.91. The van der Waals surface area contributed by atoms with Crippen molar-refractivity contribution in [3.05, 3.63) is 34.3 Å². The van der Waals surface area contributed by atoms with Crippen LogP contribution in [0.3, 0.4) is 0 Å². The van der Waals surface area contributed by atoms with Crippen molar-refractivity contribution < 1.29 is 14.2 Å². The molecule has 116 valence electrons. The van der Waals surface area contributed by atoms with E-state index in [1.807, 2.05) is 0 Å². The molecule has 1 aromatic rings. The highest BCUT2D eigenvalue weighted by Gasteiger charge is 2.23. The molecule has 0 spiro atoms. The molecular formula is C16H22BrNO3. The van der Waals surface area contributed by atoms with E-state index in [9.17, 15) is 0 Å². The van der Waals surface area contributed by atoms with Crippen LogP contribution < -0.4 is 0 Å². The lowest BCUT2D eigenvalue weighted by molar-refractivity contribution is -0.184. The number of rotatable bonds is 4. The number of hydrogen-bond donors (Lipinski definition) is 0. The second-order valence-electron chi connectivity index (χ2n) is 5.52. The van der Waals surface area contributed by atoms with E-state index in [4.69, 9.17) is 14.2 Å². The minimum Gasteiger partial charge on any atom is -0.371 e. The summed E-state index contributed by atoms with van der Waals surface area (Å²) in [4.78, 5) is 2.44. The lowest BCUT2D eigenvalue weighted by Gasteiger charge is -2.34. The van der Waals surface area contributed by atoms with Gasteiger partial charge in [-0.3, -0.25) is 4.90 Å². The third-order valence-electron chi connectivity index (χ3n) is 3.97. The van der Waals surface area contributed by atoms with E-state index in [2.05, 4.69) is 45.1 Å². The molecule has 0 aliphatic carbocycles. The van der Waals surface area contributed by atoms with Crippen molar-refractivity contribution in [2.45, 2.75) is 25.2 Å². The highest BCUT2D eigenvalue weighted by Crippen LogP contribution is 2.24. The maximum Gasteiger partial charge on any atom is 0.158 e. The molecule has 1 aromatic carbocycles. The fraction of sp³-hybridized carbons (Fsp3) is 0.625. The second-order valence-corrected chi connectivity index (χ2v) is 6.44. The zero-order chi connectivity index (χ0) is 14.5. The summed E-state index contributed by atoms with van der Waals surface area (Å²) in [6, 6.07) is 8.40. The Kier molecular flexibility index (Phi) is 5.66. The molecule has 2 aliphatic heterocycles. The Bertz CT molecular complexity index is 434. The normalized spacial score (nSPS) is 25.1. The van der Waals surface area contributed by atoms with Crippen molar-refractivity contribution in [1.82, 2.24) is 4.90 Å². The molecule has 3 rings (SSSR count). The first-order valence-corrected chi connectivity index (χ1v) is 8.43. The van der Waals surface area contributed by atoms with Gasteiger partial charge in [-0.15, -0.1) is 0 Å². The molecule has 4 nitrogen and oxygen atoms in total. The summed E-state index contributed by atoms with van der Waals surface area (Å²) >= 11 is 3.47. The highest BCUT2D eigenvalue weighted by atomic mass is 79.9. The lowest BCUT2D eigenvalue weighted by Crippen LogP contribution is -2.40. The average Bonchev–Trinajstić information content (AvgIpc) is 2.55. The molecule has 21 heavy (non-hydrogen) atoms. The minimum atomic E-state index is -0.0206. The van der Waals surface area contributed by atoms with Gasteiger partial charge in [-0.25, -0.2) is 0 Å². The summed E-state index contributed by atoms with van der Waals surface area (Å²) in [5.41, 5.74) is 1.24. The first-order chi connectivity index (χ1) is 10.3. The van der Waals surface area contributed by atoms with Crippen molar-refractivity contribution in [1.29, 1.82) is 0 Å². The summed E-state index contributed by atoms with van der Waals surface area (Å²) < 4.78 is 18.2. The topological polar surface area (TPSA) is 30.9 Å². The van der Waals surface area contributed by atoms with Crippen molar-refractivity contribution >= 4 is 15.9 Å². The Labute approximate surface area is 134 Å².